The fourth-order valence-electron chi connectivity index (χ4n) is 1.66. The van der Waals surface area contributed by atoms with Crippen molar-refractivity contribution in [3.05, 3.63) is 59.1 Å². The molecule has 0 aliphatic heterocycles. The second-order valence-electron chi connectivity index (χ2n) is 4.14. The summed E-state index contributed by atoms with van der Waals surface area (Å²) in [7, 11) is 0. The molecule has 0 radical (unpaired) electrons. The van der Waals surface area contributed by atoms with E-state index in [9.17, 15) is 0 Å². The van der Waals surface area contributed by atoms with Gasteiger partial charge in [0, 0.05) is 5.56 Å². The quantitative estimate of drug-likeness (QED) is 0.283. The molecule has 2 aromatic rings. The Morgan fingerprint density at radius 1 is 1.10 bits per heavy atom. The minimum Gasteiger partial charge on any atom is -0.490 e. The first kappa shape index (κ1) is 15.0. The SMILES string of the molecule is NC(=NO)c1ccc(OCCOc2ccccc2)c(Cl)c1. The van der Waals surface area contributed by atoms with Gasteiger partial charge >= 0.3 is 0 Å². The van der Waals surface area contributed by atoms with Gasteiger partial charge in [0.15, 0.2) is 5.84 Å². The molecule has 2 rings (SSSR count). The molecule has 0 bridgehead atoms. The summed E-state index contributed by atoms with van der Waals surface area (Å²) < 4.78 is 11.0. The average molecular weight is 307 g/mol. The summed E-state index contributed by atoms with van der Waals surface area (Å²) in [6, 6.07) is 14.4. The average Bonchev–Trinajstić information content (AvgIpc) is 2.53. The Bertz CT molecular complexity index is 618. The number of oxime groups is 1. The molecule has 0 saturated heterocycles. The van der Waals surface area contributed by atoms with E-state index in [-0.39, 0.29) is 5.84 Å². The summed E-state index contributed by atoms with van der Waals surface area (Å²) >= 11 is 6.07. The highest BCUT2D eigenvalue weighted by atomic mass is 35.5. The van der Waals surface area contributed by atoms with Gasteiger partial charge in [0.05, 0.1) is 5.02 Å². The van der Waals surface area contributed by atoms with Crippen molar-refractivity contribution in [2.45, 2.75) is 0 Å². The largest absolute Gasteiger partial charge is 0.490 e. The highest BCUT2D eigenvalue weighted by Gasteiger charge is 2.06. The van der Waals surface area contributed by atoms with Crippen molar-refractivity contribution in [2.24, 2.45) is 10.9 Å². The molecule has 21 heavy (non-hydrogen) atoms. The molecule has 0 heterocycles. The van der Waals surface area contributed by atoms with Crippen molar-refractivity contribution < 1.29 is 14.7 Å². The van der Waals surface area contributed by atoms with E-state index < -0.39 is 0 Å². The number of hydrogen-bond donors (Lipinski definition) is 2. The van der Waals surface area contributed by atoms with E-state index in [0.717, 1.165) is 5.75 Å². The number of para-hydroxylation sites is 1. The van der Waals surface area contributed by atoms with E-state index in [1.54, 1.807) is 18.2 Å². The number of halogens is 1. The minimum absolute atomic E-state index is 0.00383. The molecule has 0 fully saturated rings. The summed E-state index contributed by atoms with van der Waals surface area (Å²) in [5, 5.41) is 11.9. The van der Waals surface area contributed by atoms with Gasteiger partial charge in [0.25, 0.3) is 0 Å². The lowest BCUT2D eigenvalue weighted by atomic mass is 10.2. The fourth-order valence-corrected chi connectivity index (χ4v) is 1.90. The molecule has 0 aliphatic carbocycles. The van der Waals surface area contributed by atoms with Gasteiger partial charge in [-0.3, -0.25) is 0 Å². The van der Waals surface area contributed by atoms with Crippen LogP contribution in [0.3, 0.4) is 0 Å². The van der Waals surface area contributed by atoms with E-state index in [1.165, 1.54) is 0 Å². The third-order valence-corrected chi connectivity index (χ3v) is 2.98. The highest BCUT2D eigenvalue weighted by molar-refractivity contribution is 6.32. The molecule has 0 atom stereocenters. The molecule has 0 aromatic heterocycles. The van der Waals surface area contributed by atoms with Crippen molar-refractivity contribution in [3.8, 4) is 11.5 Å². The summed E-state index contributed by atoms with van der Waals surface area (Å²) in [6.45, 7) is 0.764. The van der Waals surface area contributed by atoms with Crippen LogP contribution >= 0.6 is 11.6 Å². The van der Waals surface area contributed by atoms with Crippen LogP contribution in [0.1, 0.15) is 5.56 Å². The fraction of sp³-hybridized carbons (Fsp3) is 0.133. The Morgan fingerprint density at radius 2 is 1.81 bits per heavy atom. The maximum atomic E-state index is 8.60. The molecule has 0 aliphatic rings. The van der Waals surface area contributed by atoms with Gasteiger partial charge in [0.2, 0.25) is 0 Å². The zero-order valence-corrected chi connectivity index (χ0v) is 12.0. The van der Waals surface area contributed by atoms with Crippen molar-refractivity contribution in [3.63, 3.8) is 0 Å². The van der Waals surface area contributed by atoms with Crippen LogP contribution < -0.4 is 15.2 Å². The predicted molar refractivity (Wildman–Crippen MR) is 81.4 cm³/mol. The molecule has 0 unspecified atom stereocenters. The molecule has 6 heteroatoms. The lowest BCUT2D eigenvalue weighted by molar-refractivity contribution is 0.217. The van der Waals surface area contributed by atoms with Crippen LogP contribution in [-0.4, -0.2) is 24.3 Å². The third kappa shape index (κ3) is 4.29. The Hall–Kier alpha value is -2.40. The molecule has 2 aromatic carbocycles. The van der Waals surface area contributed by atoms with E-state index in [0.29, 0.717) is 29.5 Å². The first-order valence-electron chi connectivity index (χ1n) is 6.29. The van der Waals surface area contributed by atoms with E-state index in [4.69, 9.17) is 32.0 Å². The normalized spacial score (nSPS) is 11.2. The van der Waals surface area contributed by atoms with Gasteiger partial charge in [0.1, 0.15) is 24.7 Å². The van der Waals surface area contributed by atoms with Crippen LogP contribution in [0.15, 0.2) is 53.7 Å². The van der Waals surface area contributed by atoms with Gasteiger partial charge in [-0.2, -0.15) is 0 Å². The maximum absolute atomic E-state index is 8.60. The van der Waals surface area contributed by atoms with Crippen molar-refractivity contribution in [1.29, 1.82) is 0 Å². The molecule has 0 amide bonds. The van der Waals surface area contributed by atoms with Gasteiger partial charge < -0.3 is 20.4 Å². The van der Waals surface area contributed by atoms with Crippen LogP contribution in [-0.2, 0) is 0 Å². The zero-order valence-electron chi connectivity index (χ0n) is 11.2. The maximum Gasteiger partial charge on any atom is 0.170 e. The number of benzene rings is 2. The molecular weight excluding hydrogens is 292 g/mol. The molecular formula is C15H15ClN2O3. The topological polar surface area (TPSA) is 77.1 Å². The second-order valence-corrected chi connectivity index (χ2v) is 4.55. The van der Waals surface area contributed by atoms with Crippen molar-refractivity contribution in [2.75, 3.05) is 13.2 Å². The number of nitrogens with two attached hydrogens (primary N) is 1. The van der Waals surface area contributed by atoms with Crippen molar-refractivity contribution in [1.82, 2.24) is 0 Å². The highest BCUT2D eigenvalue weighted by Crippen LogP contribution is 2.25. The summed E-state index contributed by atoms with van der Waals surface area (Å²) in [4.78, 5) is 0. The van der Waals surface area contributed by atoms with Gasteiger partial charge in [-0.1, -0.05) is 35.0 Å². The van der Waals surface area contributed by atoms with E-state index in [1.807, 2.05) is 30.3 Å². The molecule has 0 spiro atoms. The van der Waals surface area contributed by atoms with Crippen LogP contribution in [0.4, 0.5) is 0 Å². The monoisotopic (exact) mass is 306 g/mol. The summed E-state index contributed by atoms with van der Waals surface area (Å²) in [6.07, 6.45) is 0. The van der Waals surface area contributed by atoms with Gasteiger partial charge in [-0.25, -0.2) is 0 Å². The number of ether oxygens (including phenoxy) is 2. The number of rotatable bonds is 6. The first-order chi connectivity index (χ1) is 10.2. The van der Waals surface area contributed by atoms with Crippen LogP contribution in [0, 0.1) is 0 Å². The number of amidine groups is 1. The summed E-state index contributed by atoms with van der Waals surface area (Å²) in [5.74, 6) is 1.30. The first-order valence-corrected chi connectivity index (χ1v) is 6.66. The van der Waals surface area contributed by atoms with E-state index >= 15 is 0 Å². The molecule has 5 nitrogen and oxygen atoms in total. The lowest BCUT2D eigenvalue weighted by Crippen LogP contribution is -2.13. The van der Waals surface area contributed by atoms with Crippen LogP contribution in [0.5, 0.6) is 11.5 Å². The molecule has 0 saturated carbocycles. The third-order valence-electron chi connectivity index (χ3n) is 2.69. The second kappa shape index (κ2) is 7.40. The standard InChI is InChI=1S/C15H15ClN2O3/c16-13-10-11(15(17)18-19)6-7-14(13)21-9-8-20-12-4-2-1-3-5-12/h1-7,10,19H,8-9H2,(H2,17,18). The Kier molecular flexibility index (Phi) is 5.29. The number of hydrogen-bond acceptors (Lipinski definition) is 4. The molecule has 3 N–H and O–H groups in total. The Labute approximate surface area is 127 Å². The van der Waals surface area contributed by atoms with Crippen LogP contribution in [0.2, 0.25) is 5.02 Å². The minimum atomic E-state index is -0.00383. The smallest absolute Gasteiger partial charge is 0.170 e. The van der Waals surface area contributed by atoms with Crippen molar-refractivity contribution >= 4 is 17.4 Å². The summed E-state index contributed by atoms with van der Waals surface area (Å²) in [5.41, 5.74) is 6.00. The lowest BCUT2D eigenvalue weighted by Gasteiger charge is -2.10. The number of nitrogens with zero attached hydrogens (tertiary/aromatic N) is 1. The Balaban J connectivity index is 1.86. The molecule has 110 valence electrons. The van der Waals surface area contributed by atoms with Gasteiger partial charge in [-0.05, 0) is 30.3 Å². The van der Waals surface area contributed by atoms with E-state index in [2.05, 4.69) is 5.16 Å². The van der Waals surface area contributed by atoms with Gasteiger partial charge in [-0.15, -0.1) is 0 Å². The zero-order chi connectivity index (χ0) is 15.1. The predicted octanol–water partition coefficient (Wildman–Crippen LogP) is 2.89. The van der Waals surface area contributed by atoms with Crippen LogP contribution in [0.25, 0.3) is 0 Å². The Morgan fingerprint density at radius 3 is 2.48 bits per heavy atom.